The van der Waals surface area contributed by atoms with Gasteiger partial charge in [-0.1, -0.05) is 37.5 Å². The number of carbonyl (C=O) groups is 1. The van der Waals surface area contributed by atoms with Crippen LogP contribution in [0.2, 0.25) is 0 Å². The molecule has 3 nitrogen and oxygen atoms in total. The molecule has 0 bridgehead atoms. The zero-order valence-electron chi connectivity index (χ0n) is 11.4. The Bertz CT molecular complexity index is 374. The second-order valence-electron chi connectivity index (χ2n) is 5.20. The van der Waals surface area contributed by atoms with E-state index in [-0.39, 0.29) is 5.97 Å². The average molecular weight is 261 g/mol. The lowest BCUT2D eigenvalue weighted by molar-refractivity contribution is -0.144. The SMILES string of the molecule is O=C(CCCNc1ccccc1)OCCC1CCC1. The van der Waals surface area contributed by atoms with Crippen molar-refractivity contribution >= 4 is 11.7 Å². The van der Waals surface area contributed by atoms with Crippen LogP contribution < -0.4 is 5.32 Å². The van der Waals surface area contributed by atoms with Gasteiger partial charge < -0.3 is 10.1 Å². The number of esters is 1. The summed E-state index contributed by atoms with van der Waals surface area (Å²) >= 11 is 0. The summed E-state index contributed by atoms with van der Waals surface area (Å²) in [6, 6.07) is 10.0. The largest absolute Gasteiger partial charge is 0.466 e. The van der Waals surface area contributed by atoms with Crippen molar-refractivity contribution in [3.8, 4) is 0 Å². The smallest absolute Gasteiger partial charge is 0.305 e. The van der Waals surface area contributed by atoms with E-state index in [4.69, 9.17) is 4.74 Å². The van der Waals surface area contributed by atoms with Crippen LogP contribution in [-0.4, -0.2) is 19.1 Å². The maximum Gasteiger partial charge on any atom is 0.305 e. The molecule has 0 radical (unpaired) electrons. The third-order valence-electron chi connectivity index (χ3n) is 3.67. The fourth-order valence-corrected chi connectivity index (χ4v) is 2.21. The molecule has 0 saturated heterocycles. The predicted octanol–water partition coefficient (Wildman–Crippen LogP) is 3.61. The summed E-state index contributed by atoms with van der Waals surface area (Å²) < 4.78 is 5.23. The summed E-state index contributed by atoms with van der Waals surface area (Å²) in [7, 11) is 0. The molecule has 1 aliphatic carbocycles. The minimum Gasteiger partial charge on any atom is -0.466 e. The maximum atomic E-state index is 11.5. The van der Waals surface area contributed by atoms with Crippen molar-refractivity contribution in [3.63, 3.8) is 0 Å². The van der Waals surface area contributed by atoms with E-state index in [0.29, 0.717) is 13.0 Å². The van der Waals surface area contributed by atoms with Crippen molar-refractivity contribution in [2.24, 2.45) is 5.92 Å². The van der Waals surface area contributed by atoms with E-state index < -0.39 is 0 Å². The Kier molecular flexibility index (Phi) is 5.73. The van der Waals surface area contributed by atoms with Crippen molar-refractivity contribution in [1.29, 1.82) is 0 Å². The molecule has 104 valence electrons. The second-order valence-corrected chi connectivity index (χ2v) is 5.20. The van der Waals surface area contributed by atoms with E-state index in [9.17, 15) is 4.79 Å². The monoisotopic (exact) mass is 261 g/mol. The molecule has 3 heteroatoms. The highest BCUT2D eigenvalue weighted by Gasteiger charge is 2.17. The molecule has 0 aromatic heterocycles. The number of hydrogen-bond donors (Lipinski definition) is 1. The number of benzene rings is 1. The van der Waals surface area contributed by atoms with Gasteiger partial charge >= 0.3 is 5.97 Å². The highest BCUT2D eigenvalue weighted by Crippen LogP contribution is 2.29. The lowest BCUT2D eigenvalue weighted by atomic mass is 9.83. The molecule has 0 atom stereocenters. The van der Waals surface area contributed by atoms with E-state index in [1.807, 2.05) is 30.3 Å². The molecule has 1 fully saturated rings. The Labute approximate surface area is 115 Å². The third kappa shape index (κ3) is 5.33. The molecule has 0 unspecified atom stereocenters. The van der Waals surface area contributed by atoms with Gasteiger partial charge in [0.05, 0.1) is 6.61 Å². The minimum absolute atomic E-state index is 0.0609. The van der Waals surface area contributed by atoms with E-state index >= 15 is 0 Å². The van der Waals surface area contributed by atoms with Crippen LogP contribution in [0, 0.1) is 5.92 Å². The van der Waals surface area contributed by atoms with Crippen LogP contribution in [0.1, 0.15) is 38.5 Å². The number of anilines is 1. The van der Waals surface area contributed by atoms with Crippen LogP contribution in [0.15, 0.2) is 30.3 Å². The van der Waals surface area contributed by atoms with Crippen molar-refractivity contribution in [3.05, 3.63) is 30.3 Å². The average Bonchev–Trinajstić information content (AvgIpc) is 2.39. The quantitative estimate of drug-likeness (QED) is 0.574. The Morgan fingerprint density at radius 1 is 1.26 bits per heavy atom. The molecule has 0 aliphatic heterocycles. The van der Waals surface area contributed by atoms with Crippen LogP contribution in [0.25, 0.3) is 0 Å². The Morgan fingerprint density at radius 2 is 2.05 bits per heavy atom. The van der Waals surface area contributed by atoms with Crippen LogP contribution in [0.3, 0.4) is 0 Å². The maximum absolute atomic E-state index is 11.5. The summed E-state index contributed by atoms with van der Waals surface area (Å²) in [4.78, 5) is 11.5. The van der Waals surface area contributed by atoms with Gasteiger partial charge in [0, 0.05) is 18.7 Å². The van der Waals surface area contributed by atoms with Crippen molar-refractivity contribution < 1.29 is 9.53 Å². The summed E-state index contributed by atoms with van der Waals surface area (Å²) in [5, 5.41) is 3.28. The standard InChI is InChI=1S/C16H23NO2/c18-16(19-13-11-14-6-4-7-14)10-5-12-17-15-8-2-1-3-9-15/h1-3,8-9,14,17H,4-7,10-13H2. The van der Waals surface area contributed by atoms with Gasteiger partial charge in [0.1, 0.15) is 0 Å². The van der Waals surface area contributed by atoms with Crippen molar-refractivity contribution in [1.82, 2.24) is 0 Å². The fraction of sp³-hybridized carbons (Fsp3) is 0.562. The minimum atomic E-state index is -0.0609. The highest BCUT2D eigenvalue weighted by atomic mass is 16.5. The zero-order valence-corrected chi connectivity index (χ0v) is 11.4. The van der Waals surface area contributed by atoms with Gasteiger partial charge in [-0.3, -0.25) is 4.79 Å². The van der Waals surface area contributed by atoms with Crippen LogP contribution >= 0.6 is 0 Å². The molecule has 1 aliphatic rings. The first-order valence-electron chi connectivity index (χ1n) is 7.29. The van der Waals surface area contributed by atoms with Gasteiger partial charge in [0.15, 0.2) is 0 Å². The molecule has 1 aromatic rings. The van der Waals surface area contributed by atoms with Gasteiger partial charge in [-0.15, -0.1) is 0 Å². The molecule has 1 N–H and O–H groups in total. The molecule has 2 rings (SSSR count). The van der Waals surface area contributed by atoms with Crippen LogP contribution in [-0.2, 0) is 9.53 Å². The molecular weight excluding hydrogens is 238 g/mol. The number of rotatable bonds is 8. The van der Waals surface area contributed by atoms with Gasteiger partial charge in [0.25, 0.3) is 0 Å². The summed E-state index contributed by atoms with van der Waals surface area (Å²) in [6.07, 6.45) is 6.36. The molecule has 1 aromatic carbocycles. The number of nitrogens with one attached hydrogen (secondary N) is 1. The topological polar surface area (TPSA) is 38.3 Å². The predicted molar refractivity (Wildman–Crippen MR) is 77.1 cm³/mol. The lowest BCUT2D eigenvalue weighted by Gasteiger charge is -2.24. The summed E-state index contributed by atoms with van der Waals surface area (Å²) in [5.41, 5.74) is 1.10. The lowest BCUT2D eigenvalue weighted by Crippen LogP contribution is -2.15. The first-order valence-corrected chi connectivity index (χ1v) is 7.29. The van der Waals surface area contributed by atoms with Crippen molar-refractivity contribution in [2.75, 3.05) is 18.5 Å². The van der Waals surface area contributed by atoms with Gasteiger partial charge in [-0.05, 0) is 30.9 Å². The third-order valence-corrected chi connectivity index (χ3v) is 3.67. The normalized spacial score (nSPS) is 14.7. The Hall–Kier alpha value is -1.51. The summed E-state index contributed by atoms with van der Waals surface area (Å²) in [5.74, 6) is 0.752. The zero-order chi connectivity index (χ0) is 13.3. The number of ether oxygens (including phenoxy) is 1. The number of para-hydroxylation sites is 1. The highest BCUT2D eigenvalue weighted by molar-refractivity contribution is 5.69. The molecule has 0 spiro atoms. The van der Waals surface area contributed by atoms with Gasteiger partial charge in [-0.25, -0.2) is 0 Å². The molecule has 0 amide bonds. The first-order chi connectivity index (χ1) is 9.34. The first kappa shape index (κ1) is 13.9. The molecular formula is C16H23NO2. The van der Waals surface area contributed by atoms with Crippen molar-refractivity contribution in [2.45, 2.75) is 38.5 Å². The molecule has 1 saturated carbocycles. The Morgan fingerprint density at radius 3 is 2.74 bits per heavy atom. The van der Waals surface area contributed by atoms with Crippen LogP contribution in [0.5, 0.6) is 0 Å². The number of hydrogen-bond acceptors (Lipinski definition) is 3. The number of carbonyl (C=O) groups excluding carboxylic acids is 1. The van der Waals surface area contributed by atoms with E-state index in [1.54, 1.807) is 0 Å². The second kappa shape index (κ2) is 7.82. The fourth-order valence-electron chi connectivity index (χ4n) is 2.21. The molecule has 0 heterocycles. The van der Waals surface area contributed by atoms with E-state index in [2.05, 4.69) is 5.32 Å². The summed E-state index contributed by atoms with van der Waals surface area (Å²) in [6.45, 7) is 1.41. The Balaban J connectivity index is 1.47. The van der Waals surface area contributed by atoms with Crippen LogP contribution in [0.4, 0.5) is 5.69 Å². The van der Waals surface area contributed by atoms with Gasteiger partial charge in [-0.2, -0.15) is 0 Å². The van der Waals surface area contributed by atoms with E-state index in [0.717, 1.165) is 31.0 Å². The van der Waals surface area contributed by atoms with Gasteiger partial charge in [0.2, 0.25) is 0 Å². The van der Waals surface area contributed by atoms with E-state index in [1.165, 1.54) is 19.3 Å². The molecule has 19 heavy (non-hydrogen) atoms.